The molecule has 2 aromatic rings. The second-order valence-corrected chi connectivity index (χ2v) is 8.85. The number of rotatable bonds is 4. The molecule has 1 aliphatic rings. The second-order valence-electron chi connectivity index (χ2n) is 7.49. The Bertz CT molecular complexity index is 850. The summed E-state index contributed by atoms with van der Waals surface area (Å²) in [7, 11) is 0. The van der Waals surface area contributed by atoms with Crippen molar-refractivity contribution in [2.45, 2.75) is 38.5 Å². The summed E-state index contributed by atoms with van der Waals surface area (Å²) in [5.41, 5.74) is 7.34. The Morgan fingerprint density at radius 2 is 1.81 bits per heavy atom. The van der Waals surface area contributed by atoms with E-state index in [2.05, 4.69) is 59.5 Å². The number of benzene rings is 1. The third-order valence-corrected chi connectivity index (χ3v) is 6.30. The van der Waals surface area contributed by atoms with Crippen molar-refractivity contribution in [1.29, 1.82) is 0 Å². The molecule has 0 unspecified atom stereocenters. The van der Waals surface area contributed by atoms with Gasteiger partial charge in [0.05, 0.1) is 16.3 Å². The maximum Gasteiger partial charge on any atom is 0.0859 e. The van der Waals surface area contributed by atoms with Gasteiger partial charge in [0.1, 0.15) is 0 Å². The Labute approximate surface area is 176 Å². The molecule has 1 saturated heterocycles. The minimum absolute atomic E-state index is 0.279. The monoisotopic (exact) mass is 446 g/mol. The van der Waals surface area contributed by atoms with Crippen LogP contribution in [0, 0.1) is 26.7 Å². The van der Waals surface area contributed by atoms with E-state index in [1.54, 1.807) is 0 Å². The predicted octanol–water partition coefficient (Wildman–Crippen LogP) is 5.33. The molecule has 1 N–H and O–H groups in total. The standard InChI is InChI=1S/C22H27BrN2OS/c1-13-9-18(23)10-14(2)20(13)16(4)21-22(27)19(11-15(3)24-21)25-7-5-17(12-26)6-8-25/h9-11,17,26-27H,4-8,12H2,1-3H3. The van der Waals surface area contributed by atoms with Crippen molar-refractivity contribution in [1.82, 2.24) is 4.98 Å². The summed E-state index contributed by atoms with van der Waals surface area (Å²) < 4.78 is 1.07. The van der Waals surface area contributed by atoms with Crippen LogP contribution in [0.25, 0.3) is 5.57 Å². The molecule has 0 aliphatic carbocycles. The predicted molar refractivity (Wildman–Crippen MR) is 120 cm³/mol. The molecule has 3 rings (SSSR count). The van der Waals surface area contributed by atoms with Crippen LogP contribution in [0.2, 0.25) is 0 Å². The fourth-order valence-corrected chi connectivity index (χ4v) is 5.04. The smallest absolute Gasteiger partial charge is 0.0859 e. The molecule has 1 aromatic carbocycles. The summed E-state index contributed by atoms with van der Waals surface area (Å²) in [6, 6.07) is 6.34. The number of aliphatic hydroxyl groups is 1. The van der Waals surface area contributed by atoms with Crippen molar-refractivity contribution in [2.75, 3.05) is 24.6 Å². The Kier molecular flexibility index (Phi) is 6.34. The van der Waals surface area contributed by atoms with Crippen LogP contribution in [0.15, 0.2) is 34.1 Å². The molecule has 144 valence electrons. The van der Waals surface area contributed by atoms with Crippen LogP contribution < -0.4 is 4.90 Å². The number of hydrogen-bond acceptors (Lipinski definition) is 4. The summed E-state index contributed by atoms with van der Waals surface area (Å²) in [6.07, 6.45) is 2.01. The van der Waals surface area contributed by atoms with Crippen LogP contribution in [-0.4, -0.2) is 29.8 Å². The van der Waals surface area contributed by atoms with Crippen LogP contribution in [-0.2, 0) is 0 Å². The van der Waals surface area contributed by atoms with Gasteiger partial charge in [0.2, 0.25) is 0 Å². The number of pyridine rings is 1. The summed E-state index contributed by atoms with van der Waals surface area (Å²) in [5.74, 6) is 0.412. The molecule has 0 spiro atoms. The fraction of sp³-hybridized carbons (Fsp3) is 0.409. The maximum absolute atomic E-state index is 9.40. The lowest BCUT2D eigenvalue weighted by Gasteiger charge is -2.34. The van der Waals surface area contributed by atoms with E-state index >= 15 is 0 Å². The van der Waals surface area contributed by atoms with Gasteiger partial charge in [-0.05, 0) is 74.4 Å². The maximum atomic E-state index is 9.40. The lowest BCUT2D eigenvalue weighted by molar-refractivity contribution is 0.203. The van der Waals surface area contributed by atoms with Crippen LogP contribution in [0.4, 0.5) is 5.69 Å². The first-order valence-corrected chi connectivity index (χ1v) is 10.6. The van der Waals surface area contributed by atoms with Gasteiger partial charge in [-0.3, -0.25) is 4.98 Å². The number of nitrogens with zero attached hydrogens (tertiary/aromatic N) is 2. The van der Waals surface area contributed by atoms with E-state index in [9.17, 15) is 5.11 Å². The van der Waals surface area contributed by atoms with E-state index in [1.807, 2.05) is 6.92 Å². The van der Waals surface area contributed by atoms with E-state index in [1.165, 1.54) is 11.1 Å². The van der Waals surface area contributed by atoms with Gasteiger partial charge in [0.25, 0.3) is 0 Å². The first-order valence-electron chi connectivity index (χ1n) is 9.34. The first kappa shape index (κ1) is 20.4. The van der Waals surface area contributed by atoms with Crippen molar-refractivity contribution >= 4 is 39.8 Å². The SMILES string of the molecule is C=C(c1nc(C)cc(N2CCC(CO)CC2)c1S)c1c(C)cc(Br)cc1C. The largest absolute Gasteiger partial charge is 0.396 e. The molecule has 1 fully saturated rings. The molecule has 0 atom stereocenters. The highest BCUT2D eigenvalue weighted by Gasteiger charge is 2.23. The molecule has 3 nitrogen and oxygen atoms in total. The zero-order chi connectivity index (χ0) is 19.7. The van der Waals surface area contributed by atoms with Gasteiger partial charge in [0, 0.05) is 35.4 Å². The van der Waals surface area contributed by atoms with Crippen LogP contribution >= 0.6 is 28.6 Å². The Morgan fingerprint density at radius 3 is 2.37 bits per heavy atom. The number of piperidine rings is 1. The molecule has 0 amide bonds. The number of thiol groups is 1. The molecule has 0 radical (unpaired) electrons. The minimum Gasteiger partial charge on any atom is -0.396 e. The Balaban J connectivity index is 2.00. The number of aliphatic hydroxyl groups excluding tert-OH is 1. The minimum atomic E-state index is 0.279. The van der Waals surface area contributed by atoms with Crippen LogP contribution in [0.1, 0.15) is 40.9 Å². The zero-order valence-electron chi connectivity index (χ0n) is 16.2. The molecule has 0 saturated carbocycles. The molecule has 5 heteroatoms. The van der Waals surface area contributed by atoms with Crippen LogP contribution in [0.3, 0.4) is 0 Å². The Hall–Kier alpha value is -1.30. The van der Waals surface area contributed by atoms with Crippen molar-refractivity contribution in [2.24, 2.45) is 5.92 Å². The topological polar surface area (TPSA) is 36.4 Å². The summed E-state index contributed by atoms with van der Waals surface area (Å²) in [4.78, 5) is 8.03. The highest BCUT2D eigenvalue weighted by molar-refractivity contribution is 9.10. The second kappa shape index (κ2) is 8.38. The highest BCUT2D eigenvalue weighted by Crippen LogP contribution is 2.37. The highest BCUT2D eigenvalue weighted by atomic mass is 79.9. The number of anilines is 1. The van der Waals surface area contributed by atoms with Gasteiger partial charge >= 0.3 is 0 Å². The summed E-state index contributed by atoms with van der Waals surface area (Å²) >= 11 is 8.44. The fourth-order valence-electron chi connectivity index (χ4n) is 3.96. The van der Waals surface area contributed by atoms with Gasteiger partial charge in [-0.1, -0.05) is 22.5 Å². The zero-order valence-corrected chi connectivity index (χ0v) is 18.7. The van der Waals surface area contributed by atoms with E-state index < -0.39 is 0 Å². The lowest BCUT2D eigenvalue weighted by Crippen LogP contribution is -2.35. The van der Waals surface area contributed by atoms with Crippen molar-refractivity contribution in [3.8, 4) is 0 Å². The average Bonchev–Trinajstić information content (AvgIpc) is 2.62. The number of aromatic nitrogens is 1. The van der Waals surface area contributed by atoms with Crippen molar-refractivity contribution < 1.29 is 5.11 Å². The molecular formula is C22H27BrN2OS. The molecule has 1 aromatic heterocycles. The van der Waals surface area contributed by atoms with Gasteiger partial charge in [-0.15, -0.1) is 12.6 Å². The van der Waals surface area contributed by atoms with Crippen LogP contribution in [0.5, 0.6) is 0 Å². The molecule has 27 heavy (non-hydrogen) atoms. The van der Waals surface area contributed by atoms with Gasteiger partial charge in [-0.2, -0.15) is 0 Å². The van der Waals surface area contributed by atoms with Crippen molar-refractivity contribution in [3.63, 3.8) is 0 Å². The molecule has 2 heterocycles. The van der Waals surface area contributed by atoms with Gasteiger partial charge < -0.3 is 10.0 Å². The van der Waals surface area contributed by atoms with E-state index in [4.69, 9.17) is 17.6 Å². The number of aryl methyl sites for hydroxylation is 3. The number of halogens is 1. The third kappa shape index (κ3) is 4.25. The van der Waals surface area contributed by atoms with E-state index in [0.717, 1.165) is 63.5 Å². The quantitative estimate of drug-likeness (QED) is 0.623. The van der Waals surface area contributed by atoms with Crippen molar-refractivity contribution in [3.05, 3.63) is 57.3 Å². The van der Waals surface area contributed by atoms with E-state index in [0.29, 0.717) is 5.92 Å². The van der Waals surface area contributed by atoms with Gasteiger partial charge in [0.15, 0.2) is 0 Å². The molecular weight excluding hydrogens is 420 g/mol. The Morgan fingerprint density at radius 1 is 1.22 bits per heavy atom. The lowest BCUT2D eigenvalue weighted by atomic mass is 9.93. The third-order valence-electron chi connectivity index (χ3n) is 5.40. The summed E-state index contributed by atoms with van der Waals surface area (Å²) in [5, 5.41) is 9.40. The van der Waals surface area contributed by atoms with Gasteiger partial charge in [-0.25, -0.2) is 0 Å². The molecule has 1 aliphatic heterocycles. The first-order chi connectivity index (χ1) is 12.8. The average molecular weight is 447 g/mol. The number of hydrogen-bond donors (Lipinski definition) is 2. The van der Waals surface area contributed by atoms with E-state index in [-0.39, 0.29) is 6.61 Å². The summed E-state index contributed by atoms with van der Waals surface area (Å²) in [6.45, 7) is 12.8. The molecule has 0 bridgehead atoms. The normalized spacial score (nSPS) is 15.3.